The molecule has 114 valence electrons. The van der Waals surface area contributed by atoms with E-state index in [4.69, 9.17) is 5.11 Å². The summed E-state index contributed by atoms with van der Waals surface area (Å²) in [4.78, 5) is 27.4. The van der Waals surface area contributed by atoms with Gasteiger partial charge in [-0.05, 0) is 12.0 Å². The Balaban J connectivity index is 1.86. The number of rotatable bonds is 6. The lowest BCUT2D eigenvalue weighted by Gasteiger charge is -2.20. The van der Waals surface area contributed by atoms with Crippen LogP contribution >= 0.6 is 0 Å². The van der Waals surface area contributed by atoms with E-state index < -0.39 is 0 Å². The number of amides is 2. The molecule has 0 spiro atoms. The fraction of sp³-hybridized carbons (Fsp3) is 0.500. The SMILES string of the molecule is CN(CCO)C(=O)C1CC(=O)N(CCc2ccccc2)C1. The van der Waals surface area contributed by atoms with Gasteiger partial charge < -0.3 is 14.9 Å². The summed E-state index contributed by atoms with van der Waals surface area (Å²) < 4.78 is 0. The average Bonchev–Trinajstić information content (AvgIpc) is 2.87. The largest absolute Gasteiger partial charge is 0.395 e. The van der Waals surface area contributed by atoms with Gasteiger partial charge in [0.2, 0.25) is 11.8 Å². The van der Waals surface area contributed by atoms with E-state index in [9.17, 15) is 9.59 Å². The number of aliphatic hydroxyl groups excluding tert-OH is 1. The zero-order valence-corrected chi connectivity index (χ0v) is 12.4. The van der Waals surface area contributed by atoms with Gasteiger partial charge >= 0.3 is 0 Å². The van der Waals surface area contributed by atoms with E-state index in [1.807, 2.05) is 30.3 Å². The molecule has 2 amide bonds. The van der Waals surface area contributed by atoms with Gasteiger partial charge in [-0.1, -0.05) is 30.3 Å². The van der Waals surface area contributed by atoms with Crippen LogP contribution < -0.4 is 0 Å². The molecule has 0 bridgehead atoms. The van der Waals surface area contributed by atoms with E-state index in [-0.39, 0.29) is 30.8 Å². The van der Waals surface area contributed by atoms with Gasteiger partial charge in [0.25, 0.3) is 0 Å². The summed E-state index contributed by atoms with van der Waals surface area (Å²) in [5, 5.41) is 8.87. The van der Waals surface area contributed by atoms with Crippen molar-refractivity contribution in [2.24, 2.45) is 5.92 Å². The van der Waals surface area contributed by atoms with E-state index in [1.165, 1.54) is 10.5 Å². The van der Waals surface area contributed by atoms with E-state index >= 15 is 0 Å². The summed E-state index contributed by atoms with van der Waals surface area (Å²) in [6, 6.07) is 10.0. The molecule has 0 saturated carbocycles. The number of benzene rings is 1. The first-order valence-corrected chi connectivity index (χ1v) is 7.29. The van der Waals surface area contributed by atoms with Crippen LogP contribution in [0.3, 0.4) is 0 Å². The van der Waals surface area contributed by atoms with E-state index in [1.54, 1.807) is 11.9 Å². The molecule has 21 heavy (non-hydrogen) atoms. The standard InChI is InChI=1S/C16H22N2O3/c1-17(9-10-19)16(21)14-11-15(20)18(12-14)8-7-13-5-3-2-4-6-13/h2-6,14,19H,7-12H2,1H3. The smallest absolute Gasteiger partial charge is 0.227 e. The summed E-state index contributed by atoms with van der Waals surface area (Å²) in [7, 11) is 1.66. The maximum Gasteiger partial charge on any atom is 0.227 e. The van der Waals surface area contributed by atoms with Crippen LogP contribution in [0, 0.1) is 5.92 Å². The van der Waals surface area contributed by atoms with Gasteiger partial charge in [0, 0.05) is 33.1 Å². The molecule has 1 fully saturated rings. The van der Waals surface area contributed by atoms with Crippen molar-refractivity contribution in [1.82, 2.24) is 9.80 Å². The number of likely N-dealkylation sites (N-methyl/N-ethyl adjacent to an activating group) is 1. The number of likely N-dealkylation sites (tertiary alicyclic amines) is 1. The third-order valence-corrected chi connectivity index (χ3v) is 3.89. The molecule has 1 unspecified atom stereocenters. The molecule has 1 aliphatic rings. The Kier molecular flexibility index (Phi) is 5.33. The van der Waals surface area contributed by atoms with Gasteiger partial charge in [0.05, 0.1) is 12.5 Å². The predicted molar refractivity (Wildman–Crippen MR) is 79.6 cm³/mol. The maximum atomic E-state index is 12.1. The highest BCUT2D eigenvalue weighted by Gasteiger charge is 2.35. The fourth-order valence-electron chi connectivity index (χ4n) is 2.63. The van der Waals surface area contributed by atoms with Crippen LogP contribution in [0.2, 0.25) is 0 Å². The zero-order valence-electron chi connectivity index (χ0n) is 12.4. The van der Waals surface area contributed by atoms with Gasteiger partial charge in [-0.15, -0.1) is 0 Å². The first-order chi connectivity index (χ1) is 10.1. The fourth-order valence-corrected chi connectivity index (χ4v) is 2.63. The number of aliphatic hydroxyl groups is 1. The number of hydrogen-bond donors (Lipinski definition) is 1. The van der Waals surface area contributed by atoms with Gasteiger partial charge in [0.1, 0.15) is 0 Å². The highest BCUT2D eigenvalue weighted by molar-refractivity contribution is 5.89. The van der Waals surface area contributed by atoms with Gasteiger partial charge in [0.15, 0.2) is 0 Å². The lowest BCUT2D eigenvalue weighted by Crippen LogP contribution is -2.36. The Morgan fingerprint density at radius 1 is 1.38 bits per heavy atom. The van der Waals surface area contributed by atoms with Crippen LogP contribution in [-0.2, 0) is 16.0 Å². The second kappa shape index (κ2) is 7.22. The number of hydrogen-bond acceptors (Lipinski definition) is 3. The molecule has 1 saturated heterocycles. The Labute approximate surface area is 125 Å². The average molecular weight is 290 g/mol. The summed E-state index contributed by atoms with van der Waals surface area (Å²) >= 11 is 0. The molecule has 0 aromatic heterocycles. The minimum absolute atomic E-state index is 0.0432. The Bertz CT molecular complexity index is 490. The van der Waals surface area contributed by atoms with Crippen LogP contribution in [0.15, 0.2) is 30.3 Å². The van der Waals surface area contributed by atoms with Crippen molar-refractivity contribution in [2.75, 3.05) is 33.3 Å². The van der Waals surface area contributed by atoms with Gasteiger partial charge in [-0.25, -0.2) is 0 Å². The minimum Gasteiger partial charge on any atom is -0.395 e. The van der Waals surface area contributed by atoms with E-state index in [2.05, 4.69) is 0 Å². The molecule has 1 atom stereocenters. The lowest BCUT2D eigenvalue weighted by molar-refractivity contribution is -0.135. The molecule has 5 heteroatoms. The lowest BCUT2D eigenvalue weighted by atomic mass is 10.1. The second-order valence-corrected chi connectivity index (χ2v) is 5.46. The highest BCUT2D eigenvalue weighted by atomic mass is 16.3. The molecular weight excluding hydrogens is 268 g/mol. The Hall–Kier alpha value is -1.88. The Morgan fingerprint density at radius 3 is 2.76 bits per heavy atom. The number of nitrogens with zero attached hydrogens (tertiary/aromatic N) is 2. The quantitative estimate of drug-likeness (QED) is 0.831. The monoisotopic (exact) mass is 290 g/mol. The van der Waals surface area contributed by atoms with Crippen LogP contribution in [0.5, 0.6) is 0 Å². The molecule has 2 rings (SSSR count). The highest BCUT2D eigenvalue weighted by Crippen LogP contribution is 2.20. The van der Waals surface area contributed by atoms with Crippen molar-refractivity contribution in [3.63, 3.8) is 0 Å². The normalized spacial score (nSPS) is 18.1. The van der Waals surface area contributed by atoms with Crippen molar-refractivity contribution in [3.05, 3.63) is 35.9 Å². The van der Waals surface area contributed by atoms with Crippen LogP contribution in [0.1, 0.15) is 12.0 Å². The topological polar surface area (TPSA) is 60.9 Å². The van der Waals surface area contributed by atoms with Crippen LogP contribution in [0.4, 0.5) is 0 Å². The molecule has 1 N–H and O–H groups in total. The molecule has 1 aromatic rings. The molecule has 0 aliphatic carbocycles. The predicted octanol–water partition coefficient (Wildman–Crippen LogP) is 0.528. The first kappa shape index (κ1) is 15.5. The zero-order chi connectivity index (χ0) is 15.2. The van der Waals surface area contributed by atoms with Crippen molar-refractivity contribution >= 4 is 11.8 Å². The Morgan fingerprint density at radius 2 is 2.10 bits per heavy atom. The van der Waals surface area contributed by atoms with E-state index in [0.717, 1.165) is 6.42 Å². The molecule has 1 aromatic carbocycles. The number of carbonyl (C=O) groups excluding carboxylic acids is 2. The first-order valence-electron chi connectivity index (χ1n) is 7.29. The third kappa shape index (κ3) is 4.04. The van der Waals surface area contributed by atoms with Crippen LogP contribution in [-0.4, -0.2) is 60.0 Å². The van der Waals surface area contributed by atoms with Crippen molar-refractivity contribution < 1.29 is 14.7 Å². The summed E-state index contributed by atoms with van der Waals surface area (Å²) in [5.74, 6) is -0.286. The molecular formula is C16H22N2O3. The van der Waals surface area contributed by atoms with Gasteiger partial charge in [-0.2, -0.15) is 0 Å². The molecule has 1 aliphatic heterocycles. The van der Waals surface area contributed by atoms with Crippen LogP contribution in [0.25, 0.3) is 0 Å². The van der Waals surface area contributed by atoms with Gasteiger partial charge in [-0.3, -0.25) is 9.59 Å². The molecule has 1 heterocycles. The number of carbonyl (C=O) groups is 2. The van der Waals surface area contributed by atoms with Crippen molar-refractivity contribution in [1.29, 1.82) is 0 Å². The van der Waals surface area contributed by atoms with Crippen molar-refractivity contribution in [3.8, 4) is 0 Å². The van der Waals surface area contributed by atoms with E-state index in [0.29, 0.717) is 19.6 Å². The summed E-state index contributed by atoms with van der Waals surface area (Å²) in [5.41, 5.74) is 1.19. The maximum absolute atomic E-state index is 12.1. The summed E-state index contributed by atoms with van der Waals surface area (Å²) in [6.45, 7) is 1.39. The third-order valence-electron chi connectivity index (χ3n) is 3.89. The second-order valence-electron chi connectivity index (χ2n) is 5.46. The molecule has 5 nitrogen and oxygen atoms in total. The minimum atomic E-state index is -0.273. The molecule has 0 radical (unpaired) electrons. The van der Waals surface area contributed by atoms with Crippen molar-refractivity contribution in [2.45, 2.75) is 12.8 Å². The summed E-state index contributed by atoms with van der Waals surface area (Å²) in [6.07, 6.45) is 1.09.